The van der Waals surface area contributed by atoms with Gasteiger partial charge in [-0.15, -0.1) is 0 Å². The number of rotatable bonds is 2. The first-order valence-corrected chi connectivity index (χ1v) is 8.97. The van der Waals surface area contributed by atoms with Crippen LogP contribution in [0, 0.1) is 0 Å². The smallest absolute Gasteiger partial charge is 0.124 e. The van der Waals surface area contributed by atoms with E-state index in [2.05, 4.69) is 33.4 Å². The number of phenolic OH excluding ortho intramolecular Hbond substituents is 1. The van der Waals surface area contributed by atoms with E-state index in [1.807, 2.05) is 54.6 Å². The molecule has 4 heteroatoms. The Hall–Kier alpha value is -2.59. The summed E-state index contributed by atoms with van der Waals surface area (Å²) in [7, 11) is 0. The molecule has 3 aromatic rings. The maximum atomic E-state index is 10.3. The van der Waals surface area contributed by atoms with Gasteiger partial charge < -0.3 is 10.4 Å². The van der Waals surface area contributed by atoms with Gasteiger partial charge in [0.05, 0.1) is 23.1 Å². The average molecular weight is 393 g/mol. The average Bonchev–Trinajstić information content (AvgIpc) is 2.81. The summed E-state index contributed by atoms with van der Waals surface area (Å²) in [6.45, 7) is 0. The molecule has 0 saturated carbocycles. The fourth-order valence-electron chi connectivity index (χ4n) is 3.13. The van der Waals surface area contributed by atoms with Crippen LogP contribution in [-0.2, 0) is 0 Å². The highest BCUT2D eigenvalue weighted by molar-refractivity contribution is 9.10. The summed E-state index contributed by atoms with van der Waals surface area (Å²) in [5.74, 6) is 0.258. The van der Waals surface area contributed by atoms with Crippen LogP contribution in [0.15, 0.2) is 82.3 Å². The first-order valence-electron chi connectivity index (χ1n) is 8.18. The van der Waals surface area contributed by atoms with Crippen molar-refractivity contribution in [3.8, 4) is 5.75 Å². The van der Waals surface area contributed by atoms with Crippen LogP contribution in [0.3, 0.4) is 0 Å². The normalized spacial score (nSPS) is 16.4. The minimum Gasteiger partial charge on any atom is -0.507 e. The van der Waals surface area contributed by atoms with Gasteiger partial charge in [0.15, 0.2) is 0 Å². The summed E-state index contributed by atoms with van der Waals surface area (Å²) in [6, 6.07) is 23.7. The summed E-state index contributed by atoms with van der Waals surface area (Å²) in [4.78, 5) is 4.85. The Labute approximate surface area is 155 Å². The van der Waals surface area contributed by atoms with Crippen molar-refractivity contribution in [3.63, 3.8) is 0 Å². The molecular weight excluding hydrogens is 376 g/mol. The predicted octanol–water partition coefficient (Wildman–Crippen LogP) is 5.83. The number of nitrogens with one attached hydrogen (secondary N) is 1. The topological polar surface area (TPSA) is 44.6 Å². The van der Waals surface area contributed by atoms with E-state index in [1.54, 1.807) is 6.07 Å². The van der Waals surface area contributed by atoms with Gasteiger partial charge in [-0.25, -0.2) is 0 Å². The molecule has 1 aliphatic rings. The quantitative estimate of drug-likeness (QED) is 0.575. The Kier molecular flexibility index (Phi) is 4.28. The molecule has 1 atom stereocenters. The number of fused-ring (bicyclic) bond motifs is 1. The van der Waals surface area contributed by atoms with Crippen LogP contribution in [-0.4, -0.2) is 10.8 Å². The number of halogens is 1. The van der Waals surface area contributed by atoms with Gasteiger partial charge >= 0.3 is 0 Å². The fourth-order valence-corrected chi connectivity index (χ4v) is 3.55. The van der Waals surface area contributed by atoms with E-state index >= 15 is 0 Å². The van der Waals surface area contributed by atoms with E-state index in [0.717, 1.165) is 27.1 Å². The largest absolute Gasteiger partial charge is 0.507 e. The molecule has 2 N–H and O–H groups in total. The summed E-state index contributed by atoms with van der Waals surface area (Å²) in [6.07, 6.45) is 0.683. The first-order chi connectivity index (χ1) is 12.2. The number of benzene rings is 3. The van der Waals surface area contributed by atoms with Gasteiger partial charge in [0.2, 0.25) is 0 Å². The SMILES string of the molecule is Oc1ccccc1C1=Nc2ccccc2NC(c2cccc(Br)c2)C1. The molecule has 0 bridgehead atoms. The molecule has 0 radical (unpaired) electrons. The molecule has 0 fully saturated rings. The third-order valence-corrected chi connectivity index (χ3v) is 4.85. The van der Waals surface area contributed by atoms with Gasteiger partial charge in [-0.1, -0.05) is 52.3 Å². The van der Waals surface area contributed by atoms with Crippen LogP contribution in [0.1, 0.15) is 23.6 Å². The van der Waals surface area contributed by atoms with Gasteiger partial charge in [0.25, 0.3) is 0 Å². The second kappa shape index (κ2) is 6.73. The monoisotopic (exact) mass is 392 g/mol. The van der Waals surface area contributed by atoms with Crippen LogP contribution < -0.4 is 5.32 Å². The first kappa shape index (κ1) is 15.9. The Balaban J connectivity index is 1.83. The third-order valence-electron chi connectivity index (χ3n) is 4.35. The Morgan fingerprint density at radius 3 is 2.60 bits per heavy atom. The minimum absolute atomic E-state index is 0.0690. The zero-order chi connectivity index (χ0) is 17.2. The van der Waals surface area contributed by atoms with Gasteiger partial charge in [-0.05, 0) is 42.0 Å². The molecule has 124 valence electrons. The van der Waals surface area contributed by atoms with E-state index < -0.39 is 0 Å². The molecule has 1 aliphatic heterocycles. The van der Waals surface area contributed by atoms with Crippen LogP contribution in [0.2, 0.25) is 0 Å². The number of phenols is 1. The predicted molar refractivity (Wildman–Crippen MR) is 106 cm³/mol. The number of aromatic hydroxyl groups is 1. The van der Waals surface area contributed by atoms with Crippen LogP contribution in [0.4, 0.5) is 11.4 Å². The summed E-state index contributed by atoms with van der Waals surface area (Å²) in [5, 5.41) is 13.9. The molecule has 3 nitrogen and oxygen atoms in total. The van der Waals surface area contributed by atoms with Crippen molar-refractivity contribution in [2.45, 2.75) is 12.5 Å². The zero-order valence-corrected chi connectivity index (χ0v) is 15.1. The van der Waals surface area contributed by atoms with Crippen molar-refractivity contribution in [2.24, 2.45) is 4.99 Å². The highest BCUT2D eigenvalue weighted by atomic mass is 79.9. The maximum Gasteiger partial charge on any atom is 0.124 e. The second-order valence-corrected chi connectivity index (χ2v) is 6.96. The van der Waals surface area contributed by atoms with Gasteiger partial charge in [-0.2, -0.15) is 0 Å². The minimum atomic E-state index is 0.0690. The highest BCUT2D eigenvalue weighted by Crippen LogP contribution is 2.36. The molecule has 0 saturated heterocycles. The number of hydrogen-bond acceptors (Lipinski definition) is 3. The fraction of sp³-hybridized carbons (Fsp3) is 0.0952. The van der Waals surface area contributed by atoms with E-state index in [4.69, 9.17) is 4.99 Å². The molecule has 25 heavy (non-hydrogen) atoms. The van der Waals surface area contributed by atoms with E-state index in [0.29, 0.717) is 6.42 Å². The second-order valence-electron chi connectivity index (χ2n) is 6.05. The lowest BCUT2D eigenvalue weighted by Crippen LogP contribution is -2.14. The van der Waals surface area contributed by atoms with Crippen molar-refractivity contribution >= 4 is 33.0 Å². The zero-order valence-electron chi connectivity index (χ0n) is 13.5. The molecule has 0 spiro atoms. The Morgan fingerprint density at radius 1 is 0.960 bits per heavy atom. The van der Waals surface area contributed by atoms with Gasteiger partial charge in [-0.3, -0.25) is 4.99 Å². The van der Waals surface area contributed by atoms with E-state index in [9.17, 15) is 5.11 Å². The van der Waals surface area contributed by atoms with Crippen LogP contribution in [0.5, 0.6) is 5.75 Å². The molecular formula is C21H17BrN2O. The number of anilines is 1. The summed E-state index contributed by atoms with van der Waals surface area (Å²) in [5.41, 5.74) is 4.71. The number of nitrogens with zero attached hydrogens (tertiary/aromatic N) is 1. The summed E-state index contributed by atoms with van der Waals surface area (Å²) < 4.78 is 1.05. The Morgan fingerprint density at radius 2 is 1.76 bits per heavy atom. The number of para-hydroxylation sites is 3. The molecule has 3 aromatic carbocycles. The highest BCUT2D eigenvalue weighted by Gasteiger charge is 2.22. The standard InChI is InChI=1S/C21H17BrN2O/c22-15-7-5-6-14(12-15)19-13-20(16-8-1-4-11-21(16)25)24-18-10-3-2-9-17(18)23-19/h1-12,19,23,25H,13H2. The van der Waals surface area contributed by atoms with Crippen molar-refractivity contribution in [3.05, 3.63) is 88.4 Å². The van der Waals surface area contributed by atoms with Crippen molar-refractivity contribution < 1.29 is 5.11 Å². The molecule has 1 heterocycles. The van der Waals surface area contributed by atoms with E-state index in [-0.39, 0.29) is 11.8 Å². The van der Waals surface area contributed by atoms with E-state index in [1.165, 1.54) is 5.56 Å². The lowest BCUT2D eigenvalue weighted by molar-refractivity contribution is 0.474. The van der Waals surface area contributed by atoms with Gasteiger partial charge in [0.1, 0.15) is 5.75 Å². The van der Waals surface area contributed by atoms with Gasteiger partial charge in [0, 0.05) is 16.5 Å². The van der Waals surface area contributed by atoms with Crippen molar-refractivity contribution in [1.82, 2.24) is 0 Å². The molecule has 0 aliphatic carbocycles. The van der Waals surface area contributed by atoms with Crippen LogP contribution in [0.25, 0.3) is 0 Å². The number of aliphatic imine (C=N–C) groups is 1. The Bertz CT molecular complexity index is 952. The molecule has 1 unspecified atom stereocenters. The lowest BCUT2D eigenvalue weighted by Gasteiger charge is -2.19. The van der Waals surface area contributed by atoms with Crippen molar-refractivity contribution in [1.29, 1.82) is 0 Å². The molecule has 0 aromatic heterocycles. The van der Waals surface area contributed by atoms with Crippen LogP contribution >= 0.6 is 15.9 Å². The van der Waals surface area contributed by atoms with Crippen molar-refractivity contribution in [2.75, 3.05) is 5.32 Å². The summed E-state index contributed by atoms with van der Waals surface area (Å²) >= 11 is 3.55. The molecule has 4 rings (SSSR count). The lowest BCUT2D eigenvalue weighted by atomic mass is 9.97. The maximum absolute atomic E-state index is 10.3. The number of hydrogen-bond donors (Lipinski definition) is 2. The third kappa shape index (κ3) is 3.30. The molecule has 0 amide bonds.